The lowest BCUT2D eigenvalue weighted by Gasteiger charge is -2.16. The lowest BCUT2D eigenvalue weighted by Crippen LogP contribution is -2.27. The van der Waals surface area contributed by atoms with Crippen molar-refractivity contribution in [2.75, 3.05) is 11.9 Å². The van der Waals surface area contributed by atoms with E-state index < -0.39 is 33.9 Å². The van der Waals surface area contributed by atoms with E-state index in [1.807, 2.05) is 0 Å². The number of hydroxylamine groups is 1. The third-order valence-corrected chi connectivity index (χ3v) is 5.52. The molecule has 0 spiro atoms. The van der Waals surface area contributed by atoms with Crippen LogP contribution in [0.25, 0.3) is 0 Å². The summed E-state index contributed by atoms with van der Waals surface area (Å²) < 4.78 is 29.3. The van der Waals surface area contributed by atoms with E-state index in [1.165, 1.54) is 0 Å². The number of carbonyl (C=O) groups excluding carboxylic acids is 1. The Morgan fingerprint density at radius 1 is 1.21 bits per heavy atom. The van der Waals surface area contributed by atoms with E-state index in [9.17, 15) is 18.7 Å². The van der Waals surface area contributed by atoms with Crippen LogP contribution in [-0.2, 0) is 4.84 Å². The maximum Gasteiger partial charge on any atom is 0.277 e. The minimum Gasteiger partial charge on any atom is -0.390 e. The van der Waals surface area contributed by atoms with Gasteiger partial charge in [0.2, 0.25) is 0 Å². The predicted octanol–water partition coefficient (Wildman–Crippen LogP) is 5.20. The number of hydrogen-bond acceptors (Lipinski definition) is 4. The van der Waals surface area contributed by atoms with Gasteiger partial charge in [0.1, 0.15) is 0 Å². The van der Waals surface area contributed by atoms with Gasteiger partial charge in [-0.05, 0) is 59.7 Å². The van der Waals surface area contributed by atoms with Gasteiger partial charge in [0, 0.05) is 9.99 Å². The van der Waals surface area contributed by atoms with Crippen molar-refractivity contribution in [3.63, 3.8) is 0 Å². The summed E-state index contributed by atoms with van der Waals surface area (Å²) in [6.07, 6.45) is 1.73. The van der Waals surface area contributed by atoms with Crippen LogP contribution in [0.15, 0.2) is 24.3 Å². The van der Waals surface area contributed by atoms with Gasteiger partial charge >= 0.3 is 0 Å². The summed E-state index contributed by atoms with van der Waals surface area (Å²) in [5, 5.41) is 12.1. The molecule has 0 heterocycles. The van der Waals surface area contributed by atoms with Crippen LogP contribution < -0.4 is 10.8 Å². The molecule has 3 N–H and O–H groups in total. The average molecular weight is 543 g/mol. The van der Waals surface area contributed by atoms with E-state index >= 15 is 0 Å². The zero-order valence-corrected chi connectivity index (χ0v) is 18.0. The number of nitrogens with one attached hydrogen (secondary N) is 2. The fraction of sp³-hybridized carbons (Fsp3) is 0.278. The highest BCUT2D eigenvalue weighted by Gasteiger charge is 2.39. The van der Waals surface area contributed by atoms with Crippen LogP contribution in [0, 0.1) is 15.2 Å². The fourth-order valence-electron chi connectivity index (χ4n) is 2.43. The Bertz CT molecular complexity index is 926. The highest BCUT2D eigenvalue weighted by atomic mass is 127. The SMILES string of the molecule is O=C(NOCCC1(O)CC1)c1cc(Cl)c(F)c(F)c1Nc1ccc(I)cc1Cl. The first-order chi connectivity index (χ1) is 13.2. The minimum atomic E-state index is -1.32. The van der Waals surface area contributed by atoms with Crippen LogP contribution in [-0.4, -0.2) is 23.2 Å². The molecule has 1 fully saturated rings. The average Bonchev–Trinajstić information content (AvgIpc) is 3.38. The molecule has 1 aliphatic carbocycles. The quantitative estimate of drug-likeness (QED) is 0.195. The number of hydrogen-bond donors (Lipinski definition) is 3. The Kier molecular flexibility index (Phi) is 6.65. The van der Waals surface area contributed by atoms with E-state index in [0.717, 1.165) is 9.64 Å². The summed E-state index contributed by atoms with van der Waals surface area (Å²) >= 11 is 13.9. The van der Waals surface area contributed by atoms with E-state index in [1.54, 1.807) is 18.2 Å². The van der Waals surface area contributed by atoms with Crippen LogP contribution in [0.3, 0.4) is 0 Å². The van der Waals surface area contributed by atoms with E-state index in [4.69, 9.17) is 28.0 Å². The van der Waals surface area contributed by atoms with Gasteiger partial charge in [-0.1, -0.05) is 23.2 Å². The molecule has 0 saturated heterocycles. The zero-order chi connectivity index (χ0) is 20.5. The fourth-order valence-corrected chi connectivity index (χ4v) is 3.52. The molecule has 3 rings (SSSR count). The van der Waals surface area contributed by atoms with Crippen molar-refractivity contribution in [3.8, 4) is 0 Å². The number of amides is 1. The molecule has 2 aromatic rings. The van der Waals surface area contributed by atoms with Gasteiger partial charge in [0.05, 0.1) is 39.2 Å². The van der Waals surface area contributed by atoms with Crippen LogP contribution in [0.2, 0.25) is 10.0 Å². The van der Waals surface area contributed by atoms with Crippen molar-refractivity contribution in [1.82, 2.24) is 5.48 Å². The Labute approximate surface area is 183 Å². The van der Waals surface area contributed by atoms with Gasteiger partial charge in [-0.15, -0.1) is 0 Å². The lowest BCUT2D eigenvalue weighted by molar-refractivity contribution is 0.0120. The highest BCUT2D eigenvalue weighted by Crippen LogP contribution is 2.38. The van der Waals surface area contributed by atoms with Crippen LogP contribution in [0.5, 0.6) is 0 Å². The Balaban J connectivity index is 1.81. The van der Waals surface area contributed by atoms with Gasteiger partial charge in [0.15, 0.2) is 11.6 Å². The molecule has 1 saturated carbocycles. The number of carbonyl (C=O) groups is 1. The van der Waals surface area contributed by atoms with E-state index in [0.29, 0.717) is 19.3 Å². The van der Waals surface area contributed by atoms with E-state index in [-0.39, 0.29) is 22.9 Å². The summed E-state index contributed by atoms with van der Waals surface area (Å²) in [7, 11) is 0. The number of anilines is 2. The second kappa shape index (κ2) is 8.66. The molecule has 0 aromatic heterocycles. The lowest BCUT2D eigenvalue weighted by atomic mass is 10.1. The first-order valence-corrected chi connectivity index (χ1v) is 10.1. The van der Waals surface area contributed by atoms with Crippen molar-refractivity contribution < 1.29 is 23.5 Å². The van der Waals surface area contributed by atoms with E-state index in [2.05, 4.69) is 33.4 Å². The monoisotopic (exact) mass is 542 g/mol. The predicted molar refractivity (Wildman–Crippen MR) is 111 cm³/mol. The molecular weight excluding hydrogens is 528 g/mol. The van der Waals surface area contributed by atoms with Crippen LogP contribution >= 0.6 is 45.8 Å². The molecule has 0 radical (unpaired) electrons. The smallest absolute Gasteiger partial charge is 0.277 e. The Morgan fingerprint density at radius 3 is 2.57 bits per heavy atom. The third kappa shape index (κ3) is 5.04. The number of aliphatic hydroxyl groups is 1. The Hall–Kier alpha value is -1.20. The number of rotatable bonds is 7. The summed E-state index contributed by atoms with van der Waals surface area (Å²) in [5.74, 6) is -3.44. The second-order valence-electron chi connectivity index (χ2n) is 6.41. The molecule has 1 amide bonds. The summed E-state index contributed by atoms with van der Waals surface area (Å²) in [6.45, 7) is 0.0748. The molecule has 0 atom stereocenters. The molecule has 2 aromatic carbocycles. The molecular formula is C18H15Cl2F2IN2O3. The molecule has 10 heteroatoms. The van der Waals surface area contributed by atoms with Gasteiger partial charge < -0.3 is 10.4 Å². The molecule has 28 heavy (non-hydrogen) atoms. The van der Waals surface area contributed by atoms with Crippen molar-refractivity contribution in [3.05, 3.63) is 55.1 Å². The van der Waals surface area contributed by atoms with Gasteiger partial charge in [-0.25, -0.2) is 14.3 Å². The molecule has 150 valence electrons. The summed E-state index contributed by atoms with van der Waals surface area (Å²) in [5.41, 5.74) is 1.02. The van der Waals surface area contributed by atoms with Crippen molar-refractivity contribution in [1.29, 1.82) is 0 Å². The molecule has 0 aliphatic heterocycles. The standard InChI is InChI=1S/C18H15Cl2F2IN2O3/c19-11-7-9(23)1-2-13(11)24-16-10(8-12(20)14(21)15(16)22)17(26)25-28-6-5-18(27)3-4-18/h1-2,7-8,24,27H,3-6H2,(H,25,26). The number of benzene rings is 2. The molecule has 0 unspecified atom stereocenters. The minimum absolute atomic E-state index is 0.0748. The van der Waals surface area contributed by atoms with Gasteiger partial charge in [0.25, 0.3) is 5.91 Å². The largest absolute Gasteiger partial charge is 0.390 e. The third-order valence-electron chi connectivity index (χ3n) is 4.26. The molecule has 1 aliphatic rings. The Morgan fingerprint density at radius 2 is 1.93 bits per heavy atom. The maximum absolute atomic E-state index is 14.5. The normalized spacial score (nSPS) is 14.6. The summed E-state index contributed by atoms with van der Waals surface area (Å²) in [4.78, 5) is 17.5. The van der Waals surface area contributed by atoms with Crippen molar-refractivity contribution in [2.24, 2.45) is 0 Å². The number of halogens is 5. The van der Waals surface area contributed by atoms with Gasteiger partial charge in [-0.2, -0.15) is 0 Å². The second-order valence-corrected chi connectivity index (χ2v) is 8.47. The zero-order valence-electron chi connectivity index (χ0n) is 14.3. The van der Waals surface area contributed by atoms with Crippen LogP contribution in [0.4, 0.5) is 20.2 Å². The van der Waals surface area contributed by atoms with Crippen molar-refractivity contribution >= 4 is 63.1 Å². The van der Waals surface area contributed by atoms with Crippen molar-refractivity contribution in [2.45, 2.75) is 24.9 Å². The maximum atomic E-state index is 14.5. The van der Waals surface area contributed by atoms with Gasteiger partial charge in [-0.3, -0.25) is 9.63 Å². The first-order valence-electron chi connectivity index (χ1n) is 8.24. The molecule has 0 bridgehead atoms. The molecule has 5 nitrogen and oxygen atoms in total. The topological polar surface area (TPSA) is 70.6 Å². The van der Waals surface area contributed by atoms with Crippen LogP contribution in [0.1, 0.15) is 29.6 Å². The summed E-state index contributed by atoms with van der Waals surface area (Å²) in [6, 6.07) is 5.91. The highest BCUT2D eigenvalue weighted by molar-refractivity contribution is 14.1. The first kappa shape index (κ1) is 21.5.